The summed E-state index contributed by atoms with van der Waals surface area (Å²) in [5.41, 5.74) is 4.61. The molecule has 1 atom stereocenters. The van der Waals surface area contributed by atoms with Crippen LogP contribution in [0.1, 0.15) is 26.5 Å². The second kappa shape index (κ2) is 6.13. The van der Waals surface area contributed by atoms with Crippen LogP contribution in [0.2, 0.25) is 0 Å². The van der Waals surface area contributed by atoms with E-state index in [9.17, 15) is 9.59 Å². The van der Waals surface area contributed by atoms with Crippen LogP contribution in [0.5, 0.6) is 0 Å². The third-order valence-electron chi connectivity index (χ3n) is 2.82. The molecule has 0 spiro atoms. The van der Waals surface area contributed by atoms with E-state index < -0.39 is 23.1 Å². The van der Waals surface area contributed by atoms with Gasteiger partial charge in [0.25, 0.3) is 0 Å². The Hall–Kier alpha value is -2.09. The molecule has 0 aliphatic carbocycles. The van der Waals surface area contributed by atoms with Crippen molar-refractivity contribution in [1.29, 1.82) is 0 Å². The maximum absolute atomic E-state index is 12.1. The van der Waals surface area contributed by atoms with Crippen LogP contribution in [0, 0.1) is 0 Å². The standard InChI is InChI=1S/C13H23N5O3/c1-12(2,3)21-11(20)16-8-13(14,10(19)15-4)9-6-7-17-18(9)5/h6-7H,8,14H2,1-5H3,(H,15,19)(H,16,20). The van der Waals surface area contributed by atoms with Crippen LogP contribution in [0.4, 0.5) is 4.79 Å². The molecule has 0 bridgehead atoms. The van der Waals surface area contributed by atoms with Crippen molar-refractivity contribution < 1.29 is 14.3 Å². The van der Waals surface area contributed by atoms with Gasteiger partial charge in [-0.2, -0.15) is 5.10 Å². The maximum Gasteiger partial charge on any atom is 0.407 e. The first-order valence-electron chi connectivity index (χ1n) is 6.56. The minimum Gasteiger partial charge on any atom is -0.444 e. The molecular weight excluding hydrogens is 274 g/mol. The number of hydrogen-bond donors (Lipinski definition) is 3. The van der Waals surface area contributed by atoms with Crippen molar-refractivity contribution in [3.05, 3.63) is 18.0 Å². The Bertz CT molecular complexity index is 520. The molecule has 1 rings (SSSR count). The number of aryl methyl sites for hydroxylation is 1. The average Bonchev–Trinajstić information content (AvgIpc) is 2.79. The summed E-state index contributed by atoms with van der Waals surface area (Å²) >= 11 is 0. The number of aromatic nitrogens is 2. The molecule has 0 radical (unpaired) electrons. The molecule has 0 saturated heterocycles. The summed E-state index contributed by atoms with van der Waals surface area (Å²) in [5.74, 6) is -0.429. The number of nitrogens with two attached hydrogens (primary N) is 1. The average molecular weight is 297 g/mol. The van der Waals surface area contributed by atoms with E-state index >= 15 is 0 Å². The number of nitrogens with one attached hydrogen (secondary N) is 2. The molecule has 1 aromatic heterocycles. The normalized spacial score (nSPS) is 14.2. The van der Waals surface area contributed by atoms with Crippen molar-refractivity contribution in [2.75, 3.05) is 13.6 Å². The highest BCUT2D eigenvalue weighted by Crippen LogP contribution is 2.17. The van der Waals surface area contributed by atoms with Crippen LogP contribution in [0.3, 0.4) is 0 Å². The van der Waals surface area contributed by atoms with Gasteiger partial charge >= 0.3 is 6.09 Å². The Balaban J connectivity index is 2.89. The Morgan fingerprint density at radius 1 is 1.43 bits per heavy atom. The number of amides is 2. The van der Waals surface area contributed by atoms with Gasteiger partial charge < -0.3 is 21.1 Å². The fourth-order valence-corrected chi connectivity index (χ4v) is 1.85. The summed E-state index contributed by atoms with van der Waals surface area (Å²) in [7, 11) is 3.15. The molecule has 21 heavy (non-hydrogen) atoms. The van der Waals surface area contributed by atoms with Gasteiger partial charge in [-0.05, 0) is 26.8 Å². The number of alkyl carbamates (subject to hydrolysis) is 1. The molecule has 0 fully saturated rings. The molecule has 2 amide bonds. The molecule has 1 unspecified atom stereocenters. The summed E-state index contributed by atoms with van der Waals surface area (Å²) in [6.45, 7) is 5.15. The van der Waals surface area contributed by atoms with Gasteiger partial charge in [0.05, 0.1) is 12.2 Å². The van der Waals surface area contributed by atoms with Crippen LogP contribution in [-0.4, -0.2) is 41.0 Å². The lowest BCUT2D eigenvalue weighted by Crippen LogP contribution is -2.58. The predicted molar refractivity (Wildman–Crippen MR) is 77.4 cm³/mol. The highest BCUT2D eigenvalue weighted by molar-refractivity contribution is 5.87. The minimum absolute atomic E-state index is 0.110. The number of carbonyl (C=O) groups excluding carboxylic acids is 2. The lowest BCUT2D eigenvalue weighted by molar-refractivity contribution is -0.126. The SMILES string of the molecule is CNC(=O)C(N)(CNC(=O)OC(C)(C)C)c1ccnn1C. The number of rotatable bonds is 4. The van der Waals surface area contributed by atoms with E-state index in [2.05, 4.69) is 15.7 Å². The molecule has 0 saturated carbocycles. The topological polar surface area (TPSA) is 111 Å². The fraction of sp³-hybridized carbons (Fsp3) is 0.615. The second-order valence-electron chi connectivity index (χ2n) is 5.75. The smallest absolute Gasteiger partial charge is 0.407 e. The van der Waals surface area contributed by atoms with Gasteiger partial charge in [0.1, 0.15) is 5.60 Å². The molecule has 4 N–H and O–H groups in total. The molecule has 0 aromatic carbocycles. The number of nitrogens with zero attached hydrogens (tertiary/aromatic N) is 2. The number of hydrogen-bond acceptors (Lipinski definition) is 5. The van der Waals surface area contributed by atoms with Crippen molar-refractivity contribution >= 4 is 12.0 Å². The number of ether oxygens (including phenoxy) is 1. The Morgan fingerprint density at radius 3 is 2.48 bits per heavy atom. The van der Waals surface area contributed by atoms with E-state index in [0.29, 0.717) is 5.69 Å². The van der Waals surface area contributed by atoms with E-state index in [1.165, 1.54) is 17.9 Å². The lowest BCUT2D eigenvalue weighted by atomic mass is 9.95. The third kappa shape index (κ3) is 4.19. The highest BCUT2D eigenvalue weighted by atomic mass is 16.6. The third-order valence-corrected chi connectivity index (χ3v) is 2.82. The van der Waals surface area contributed by atoms with E-state index in [1.807, 2.05) is 0 Å². The minimum atomic E-state index is -1.43. The second-order valence-corrected chi connectivity index (χ2v) is 5.75. The summed E-state index contributed by atoms with van der Waals surface area (Å²) in [5, 5.41) is 9.02. The van der Waals surface area contributed by atoms with Crippen LogP contribution in [0.15, 0.2) is 12.3 Å². The molecule has 0 aliphatic heterocycles. The molecule has 118 valence electrons. The monoisotopic (exact) mass is 297 g/mol. The zero-order valence-corrected chi connectivity index (χ0v) is 13.1. The van der Waals surface area contributed by atoms with Gasteiger partial charge in [0, 0.05) is 20.3 Å². The molecular formula is C13H23N5O3. The van der Waals surface area contributed by atoms with Gasteiger partial charge in [-0.1, -0.05) is 0 Å². The zero-order valence-electron chi connectivity index (χ0n) is 13.1. The van der Waals surface area contributed by atoms with Crippen molar-refractivity contribution in [2.24, 2.45) is 12.8 Å². The summed E-state index contributed by atoms with van der Waals surface area (Å²) < 4.78 is 6.63. The van der Waals surface area contributed by atoms with Gasteiger partial charge in [0.15, 0.2) is 5.54 Å². The van der Waals surface area contributed by atoms with Gasteiger partial charge in [-0.25, -0.2) is 4.79 Å². The fourth-order valence-electron chi connectivity index (χ4n) is 1.85. The van der Waals surface area contributed by atoms with Crippen LogP contribution in [0.25, 0.3) is 0 Å². The summed E-state index contributed by atoms with van der Waals surface area (Å²) in [6.07, 6.45) is 0.899. The molecule has 8 heteroatoms. The van der Waals surface area contributed by atoms with E-state index in [0.717, 1.165) is 0 Å². The van der Waals surface area contributed by atoms with E-state index in [1.54, 1.807) is 33.9 Å². The Morgan fingerprint density at radius 2 is 2.05 bits per heavy atom. The van der Waals surface area contributed by atoms with Crippen molar-refractivity contribution in [3.8, 4) is 0 Å². The first kappa shape index (κ1) is 17.0. The van der Waals surface area contributed by atoms with Gasteiger partial charge in [-0.3, -0.25) is 9.48 Å². The number of carbonyl (C=O) groups is 2. The van der Waals surface area contributed by atoms with Crippen molar-refractivity contribution in [2.45, 2.75) is 31.9 Å². The molecule has 1 aromatic rings. The van der Waals surface area contributed by atoms with Crippen molar-refractivity contribution in [1.82, 2.24) is 20.4 Å². The van der Waals surface area contributed by atoms with Gasteiger partial charge in [0.2, 0.25) is 5.91 Å². The Kier molecular flexibility index (Phi) is 4.95. The van der Waals surface area contributed by atoms with E-state index in [4.69, 9.17) is 10.5 Å². The quantitative estimate of drug-likeness (QED) is 0.715. The first-order valence-corrected chi connectivity index (χ1v) is 6.56. The van der Waals surface area contributed by atoms with E-state index in [-0.39, 0.29) is 6.54 Å². The summed E-state index contributed by atoms with van der Waals surface area (Å²) in [6, 6.07) is 1.63. The Labute approximate surface area is 124 Å². The molecule has 0 aliphatic rings. The first-order chi connectivity index (χ1) is 9.60. The summed E-state index contributed by atoms with van der Waals surface area (Å²) in [4.78, 5) is 23.8. The zero-order chi connectivity index (χ0) is 16.3. The van der Waals surface area contributed by atoms with Crippen LogP contribution in [-0.2, 0) is 22.1 Å². The number of likely N-dealkylation sites (N-methyl/N-ethyl adjacent to an activating group) is 1. The largest absolute Gasteiger partial charge is 0.444 e. The van der Waals surface area contributed by atoms with Gasteiger partial charge in [-0.15, -0.1) is 0 Å². The predicted octanol–water partition coefficient (Wildman–Crippen LogP) is -0.155. The van der Waals surface area contributed by atoms with Crippen LogP contribution >= 0.6 is 0 Å². The van der Waals surface area contributed by atoms with Crippen molar-refractivity contribution in [3.63, 3.8) is 0 Å². The lowest BCUT2D eigenvalue weighted by Gasteiger charge is -2.28. The maximum atomic E-state index is 12.1. The van der Waals surface area contributed by atoms with Crippen LogP contribution < -0.4 is 16.4 Å². The molecule has 8 nitrogen and oxygen atoms in total. The highest BCUT2D eigenvalue weighted by Gasteiger charge is 2.38. The molecule has 1 heterocycles.